The Morgan fingerprint density at radius 1 is 1.19 bits per heavy atom. The molecule has 0 amide bonds. The molecule has 0 unspecified atom stereocenters. The lowest BCUT2D eigenvalue weighted by Crippen LogP contribution is -2.50. The molecule has 2 aromatic heterocycles. The number of Topliss-reactive ketones (excluding diaryl/α,β-unsaturated/α-hetero) is 1. The Hall–Kier alpha value is -1.83. The third-order valence-electron chi connectivity index (χ3n) is 6.81. The first kappa shape index (κ1) is 17.3. The van der Waals surface area contributed by atoms with Crippen molar-refractivity contribution in [2.45, 2.75) is 57.5 Å². The summed E-state index contributed by atoms with van der Waals surface area (Å²) in [5.41, 5.74) is 1.79. The highest BCUT2D eigenvalue weighted by molar-refractivity contribution is 7.99. The molecule has 2 heterocycles. The van der Waals surface area contributed by atoms with Gasteiger partial charge in [-0.3, -0.25) is 4.79 Å². The molecule has 2 aromatic rings. The number of hydrogen-bond acceptors (Lipinski definition) is 6. The Kier molecular flexibility index (Phi) is 3.90. The molecule has 4 saturated carbocycles. The molecular weight excluding hydrogens is 360 g/mol. The first-order valence-electron chi connectivity index (χ1n) is 9.84. The van der Waals surface area contributed by atoms with Crippen molar-refractivity contribution in [3.63, 3.8) is 0 Å². The second kappa shape index (κ2) is 6.09. The monoisotopic (exact) mass is 386 g/mol. The number of aryl methyl sites for hydroxylation is 2. The molecule has 0 aliphatic heterocycles. The van der Waals surface area contributed by atoms with E-state index in [9.17, 15) is 4.79 Å². The fraction of sp³-hybridized carbons (Fsp3) is 0.684. The predicted molar refractivity (Wildman–Crippen MR) is 103 cm³/mol. The number of nitrogen functional groups attached to an aromatic ring is 1. The van der Waals surface area contributed by atoms with Gasteiger partial charge < -0.3 is 5.84 Å². The Bertz CT molecular complexity index is 865. The summed E-state index contributed by atoms with van der Waals surface area (Å²) in [6.07, 6.45) is 7.36. The van der Waals surface area contributed by atoms with Crippen molar-refractivity contribution in [2.75, 3.05) is 11.6 Å². The van der Waals surface area contributed by atoms with E-state index in [4.69, 9.17) is 5.84 Å². The second-order valence-corrected chi connectivity index (χ2v) is 9.84. The topological polar surface area (TPSA) is 91.6 Å². The molecule has 0 spiro atoms. The van der Waals surface area contributed by atoms with E-state index in [2.05, 4.69) is 15.3 Å². The largest absolute Gasteiger partial charge is 0.334 e. The highest BCUT2D eigenvalue weighted by Crippen LogP contribution is 2.60. The first-order valence-corrected chi connectivity index (χ1v) is 10.8. The van der Waals surface area contributed by atoms with Gasteiger partial charge in [-0.05, 0) is 76.2 Å². The standard InChI is InChI=1S/C19H26N6OS/c1-11-3-12(2)25(23-11)17-21-22-18(24(17)20)27-10-16(26)19-7-13-4-14(8-19)6-15(5-13)9-19/h3,13-15H,4-10,20H2,1-2H3. The van der Waals surface area contributed by atoms with E-state index < -0.39 is 0 Å². The minimum absolute atomic E-state index is 0.0697. The lowest BCUT2D eigenvalue weighted by atomic mass is 9.48. The van der Waals surface area contributed by atoms with Gasteiger partial charge >= 0.3 is 0 Å². The van der Waals surface area contributed by atoms with Gasteiger partial charge in [0.25, 0.3) is 5.95 Å². The third-order valence-corrected chi connectivity index (χ3v) is 7.75. The maximum absolute atomic E-state index is 13.2. The number of nitrogens with two attached hydrogens (primary N) is 1. The van der Waals surface area contributed by atoms with Crippen LogP contribution in [0.15, 0.2) is 11.2 Å². The Labute approximate surface area is 163 Å². The zero-order valence-electron chi connectivity index (χ0n) is 15.9. The van der Waals surface area contributed by atoms with Crippen LogP contribution in [0.3, 0.4) is 0 Å². The zero-order chi connectivity index (χ0) is 18.8. The second-order valence-electron chi connectivity index (χ2n) is 8.90. The summed E-state index contributed by atoms with van der Waals surface area (Å²) < 4.78 is 3.13. The van der Waals surface area contributed by atoms with Gasteiger partial charge in [0, 0.05) is 11.1 Å². The summed E-state index contributed by atoms with van der Waals surface area (Å²) in [6.45, 7) is 3.89. The van der Waals surface area contributed by atoms with Gasteiger partial charge in [-0.25, -0.2) is 9.36 Å². The summed E-state index contributed by atoms with van der Waals surface area (Å²) in [7, 11) is 0. The summed E-state index contributed by atoms with van der Waals surface area (Å²) >= 11 is 1.41. The van der Waals surface area contributed by atoms with E-state index >= 15 is 0 Å². The average Bonchev–Trinajstić information content (AvgIpc) is 3.12. The minimum atomic E-state index is -0.0697. The number of ketones is 1. The molecule has 2 N–H and O–H groups in total. The molecule has 6 rings (SSSR count). The molecule has 0 aromatic carbocycles. The minimum Gasteiger partial charge on any atom is -0.334 e. The van der Waals surface area contributed by atoms with E-state index in [1.807, 2.05) is 19.9 Å². The first-order chi connectivity index (χ1) is 12.9. The van der Waals surface area contributed by atoms with Crippen molar-refractivity contribution in [1.29, 1.82) is 0 Å². The molecule has 7 nitrogen and oxygen atoms in total. The number of aromatic nitrogens is 5. The number of thioether (sulfide) groups is 1. The molecule has 0 radical (unpaired) electrons. The maximum atomic E-state index is 13.2. The number of rotatable bonds is 5. The van der Waals surface area contributed by atoms with Crippen LogP contribution in [0.4, 0.5) is 0 Å². The van der Waals surface area contributed by atoms with Crippen molar-refractivity contribution in [3.05, 3.63) is 17.5 Å². The van der Waals surface area contributed by atoms with Crippen molar-refractivity contribution in [2.24, 2.45) is 23.2 Å². The Morgan fingerprint density at radius 3 is 2.37 bits per heavy atom. The van der Waals surface area contributed by atoms with Crippen LogP contribution in [0, 0.1) is 37.0 Å². The van der Waals surface area contributed by atoms with Gasteiger partial charge in [0.1, 0.15) is 5.78 Å². The van der Waals surface area contributed by atoms with E-state index in [-0.39, 0.29) is 5.41 Å². The van der Waals surface area contributed by atoms with Crippen LogP contribution in [0.5, 0.6) is 0 Å². The van der Waals surface area contributed by atoms with Crippen LogP contribution in [-0.4, -0.2) is 36.2 Å². The van der Waals surface area contributed by atoms with E-state index in [1.54, 1.807) is 4.68 Å². The highest BCUT2D eigenvalue weighted by atomic mass is 32.2. The quantitative estimate of drug-likeness (QED) is 0.627. The molecule has 0 atom stereocenters. The highest BCUT2D eigenvalue weighted by Gasteiger charge is 2.54. The van der Waals surface area contributed by atoms with Gasteiger partial charge in [-0.2, -0.15) is 5.10 Å². The number of nitrogens with zero attached hydrogens (tertiary/aromatic N) is 5. The van der Waals surface area contributed by atoms with Crippen molar-refractivity contribution >= 4 is 17.5 Å². The number of hydrogen-bond donors (Lipinski definition) is 1. The van der Waals surface area contributed by atoms with Gasteiger partial charge in [0.05, 0.1) is 11.4 Å². The molecule has 8 heteroatoms. The average molecular weight is 387 g/mol. The molecule has 27 heavy (non-hydrogen) atoms. The van der Waals surface area contributed by atoms with Crippen LogP contribution in [-0.2, 0) is 4.79 Å². The van der Waals surface area contributed by atoms with Gasteiger partial charge in [0.2, 0.25) is 5.16 Å². The molecule has 4 bridgehead atoms. The summed E-state index contributed by atoms with van der Waals surface area (Å²) in [5, 5.41) is 13.4. The zero-order valence-corrected chi connectivity index (χ0v) is 16.7. The van der Waals surface area contributed by atoms with E-state index in [0.29, 0.717) is 22.6 Å². The predicted octanol–water partition coefficient (Wildman–Crippen LogP) is 2.67. The summed E-state index contributed by atoms with van der Waals surface area (Å²) in [5.74, 6) is 9.84. The fourth-order valence-corrected chi connectivity index (χ4v) is 6.96. The van der Waals surface area contributed by atoms with Crippen LogP contribution in [0.2, 0.25) is 0 Å². The Balaban J connectivity index is 1.31. The Morgan fingerprint density at radius 2 is 1.81 bits per heavy atom. The molecule has 0 saturated heterocycles. The number of carbonyl (C=O) groups is 1. The molecule has 4 fully saturated rings. The normalized spacial score (nSPS) is 31.6. The molecule has 4 aliphatic carbocycles. The van der Waals surface area contributed by atoms with Crippen molar-refractivity contribution in [3.8, 4) is 5.95 Å². The lowest BCUT2D eigenvalue weighted by Gasteiger charge is -2.56. The van der Waals surface area contributed by atoms with Gasteiger partial charge in [-0.1, -0.05) is 11.8 Å². The summed E-state index contributed by atoms with van der Waals surface area (Å²) in [4.78, 5) is 13.2. The van der Waals surface area contributed by atoms with Crippen LogP contribution in [0.1, 0.15) is 49.9 Å². The SMILES string of the molecule is Cc1cc(C)n(-c2nnc(SCC(=O)C34CC5CC(CC(C5)C3)C4)n2N)n1. The third kappa shape index (κ3) is 2.80. The summed E-state index contributed by atoms with van der Waals surface area (Å²) in [6, 6.07) is 1.97. The van der Waals surface area contributed by atoms with Crippen molar-refractivity contribution < 1.29 is 4.79 Å². The molecule has 144 valence electrons. The van der Waals surface area contributed by atoms with E-state index in [1.165, 1.54) is 35.7 Å². The molecule has 4 aliphatic rings. The molecular formula is C19H26N6OS. The number of carbonyl (C=O) groups excluding carboxylic acids is 1. The van der Waals surface area contributed by atoms with Crippen LogP contribution >= 0.6 is 11.8 Å². The maximum Gasteiger partial charge on any atom is 0.271 e. The van der Waals surface area contributed by atoms with Gasteiger partial charge in [-0.15, -0.1) is 10.2 Å². The fourth-order valence-electron chi connectivity index (χ4n) is 6.08. The van der Waals surface area contributed by atoms with Gasteiger partial charge in [0.15, 0.2) is 0 Å². The van der Waals surface area contributed by atoms with Crippen LogP contribution < -0.4 is 5.84 Å². The van der Waals surface area contributed by atoms with Crippen LogP contribution in [0.25, 0.3) is 5.95 Å². The smallest absolute Gasteiger partial charge is 0.271 e. The van der Waals surface area contributed by atoms with E-state index in [0.717, 1.165) is 48.4 Å². The lowest BCUT2D eigenvalue weighted by molar-refractivity contribution is -0.141. The van der Waals surface area contributed by atoms with Crippen molar-refractivity contribution in [1.82, 2.24) is 24.7 Å².